The first-order valence-corrected chi connectivity index (χ1v) is 12.1. The molecule has 31 heavy (non-hydrogen) atoms. The van der Waals surface area contributed by atoms with Gasteiger partial charge in [0.2, 0.25) is 15.9 Å². The van der Waals surface area contributed by atoms with E-state index in [2.05, 4.69) is 10.6 Å². The molecule has 0 aromatic heterocycles. The van der Waals surface area contributed by atoms with Gasteiger partial charge in [-0.3, -0.25) is 9.59 Å². The third-order valence-corrected chi connectivity index (χ3v) is 7.73. The zero-order valence-corrected chi connectivity index (χ0v) is 18.5. The summed E-state index contributed by atoms with van der Waals surface area (Å²) in [6, 6.07) is 11.4. The molecule has 2 aromatic rings. The van der Waals surface area contributed by atoms with Gasteiger partial charge in [0, 0.05) is 31.2 Å². The van der Waals surface area contributed by atoms with Gasteiger partial charge in [0.1, 0.15) is 0 Å². The van der Waals surface area contributed by atoms with Crippen molar-refractivity contribution in [1.29, 1.82) is 0 Å². The molecule has 4 rings (SSSR count). The summed E-state index contributed by atoms with van der Waals surface area (Å²) in [6.45, 7) is 1.22. The van der Waals surface area contributed by atoms with Gasteiger partial charge >= 0.3 is 0 Å². The van der Waals surface area contributed by atoms with E-state index in [9.17, 15) is 18.0 Å². The number of amides is 2. The topological polar surface area (TPSA) is 95.6 Å². The van der Waals surface area contributed by atoms with Crippen LogP contribution < -0.4 is 10.6 Å². The molecule has 0 spiro atoms. The highest BCUT2D eigenvalue weighted by atomic mass is 35.5. The van der Waals surface area contributed by atoms with Crippen molar-refractivity contribution in [2.24, 2.45) is 5.92 Å². The molecule has 7 nitrogen and oxygen atoms in total. The van der Waals surface area contributed by atoms with E-state index in [1.807, 2.05) is 12.1 Å². The molecule has 0 atom stereocenters. The van der Waals surface area contributed by atoms with E-state index in [-0.39, 0.29) is 33.9 Å². The lowest BCUT2D eigenvalue weighted by Gasteiger charge is -2.16. The maximum atomic E-state index is 12.8. The van der Waals surface area contributed by atoms with Crippen LogP contribution in [-0.4, -0.2) is 37.6 Å². The molecule has 1 aliphatic heterocycles. The van der Waals surface area contributed by atoms with E-state index >= 15 is 0 Å². The molecule has 9 heteroatoms. The van der Waals surface area contributed by atoms with Crippen LogP contribution in [0.3, 0.4) is 0 Å². The fraction of sp³-hybridized carbons (Fsp3) is 0.364. The third kappa shape index (κ3) is 5.08. The quantitative estimate of drug-likeness (QED) is 0.660. The highest BCUT2D eigenvalue weighted by Crippen LogP contribution is 2.30. The van der Waals surface area contributed by atoms with E-state index in [0.717, 1.165) is 36.9 Å². The molecule has 2 aliphatic rings. The lowest BCUT2D eigenvalue weighted by molar-refractivity contribution is -0.117. The third-order valence-electron chi connectivity index (χ3n) is 5.51. The summed E-state index contributed by atoms with van der Waals surface area (Å²) in [5.41, 5.74) is 1.68. The van der Waals surface area contributed by atoms with E-state index in [0.29, 0.717) is 13.1 Å². The summed E-state index contributed by atoms with van der Waals surface area (Å²) in [5, 5.41) is 5.83. The highest BCUT2D eigenvalue weighted by Gasteiger charge is 2.30. The Labute approximate surface area is 186 Å². The van der Waals surface area contributed by atoms with Gasteiger partial charge in [0.25, 0.3) is 5.91 Å². The van der Waals surface area contributed by atoms with Gasteiger partial charge in [0.05, 0.1) is 15.5 Å². The van der Waals surface area contributed by atoms with E-state index in [1.165, 1.54) is 22.5 Å². The molecule has 0 radical (unpaired) electrons. The SMILES string of the molecule is O=C(NCc1ccc(NC(=O)C2CC2)cc1)c1cc(S(=O)(=O)N2CCCC2)ccc1Cl. The van der Waals surface area contributed by atoms with Gasteiger partial charge in [-0.25, -0.2) is 8.42 Å². The fourth-order valence-electron chi connectivity index (χ4n) is 3.49. The van der Waals surface area contributed by atoms with Crippen molar-refractivity contribution in [1.82, 2.24) is 9.62 Å². The van der Waals surface area contributed by atoms with E-state index in [1.54, 1.807) is 12.1 Å². The highest BCUT2D eigenvalue weighted by molar-refractivity contribution is 7.89. The maximum absolute atomic E-state index is 12.8. The smallest absolute Gasteiger partial charge is 0.253 e. The number of carbonyl (C=O) groups excluding carboxylic acids is 2. The van der Waals surface area contributed by atoms with Crippen LogP contribution in [0.15, 0.2) is 47.4 Å². The van der Waals surface area contributed by atoms with Gasteiger partial charge in [-0.2, -0.15) is 4.31 Å². The monoisotopic (exact) mass is 461 g/mol. The average Bonchev–Trinajstić information content (AvgIpc) is 3.46. The largest absolute Gasteiger partial charge is 0.348 e. The normalized spacial score (nSPS) is 16.8. The number of benzene rings is 2. The molecule has 1 saturated carbocycles. The van der Waals surface area contributed by atoms with Crippen LogP contribution in [0.4, 0.5) is 5.69 Å². The van der Waals surface area contributed by atoms with Crippen molar-refractivity contribution in [2.45, 2.75) is 37.1 Å². The maximum Gasteiger partial charge on any atom is 0.253 e. The summed E-state index contributed by atoms with van der Waals surface area (Å²) >= 11 is 6.17. The second kappa shape index (κ2) is 8.98. The van der Waals surface area contributed by atoms with Crippen LogP contribution in [0.2, 0.25) is 5.02 Å². The summed E-state index contributed by atoms with van der Waals surface area (Å²) in [6.07, 6.45) is 3.56. The van der Waals surface area contributed by atoms with Gasteiger partial charge < -0.3 is 10.6 Å². The van der Waals surface area contributed by atoms with Crippen molar-refractivity contribution >= 4 is 39.1 Å². The van der Waals surface area contributed by atoms with Crippen LogP contribution in [0, 0.1) is 5.92 Å². The summed E-state index contributed by atoms with van der Waals surface area (Å²) in [4.78, 5) is 24.6. The van der Waals surface area contributed by atoms with Crippen molar-refractivity contribution in [3.63, 3.8) is 0 Å². The van der Waals surface area contributed by atoms with Crippen LogP contribution >= 0.6 is 11.6 Å². The van der Waals surface area contributed by atoms with Crippen LogP contribution in [-0.2, 0) is 21.4 Å². The van der Waals surface area contributed by atoms with Gasteiger partial charge in [-0.15, -0.1) is 0 Å². The molecule has 2 N–H and O–H groups in total. The Morgan fingerprint density at radius 1 is 1.03 bits per heavy atom. The van der Waals surface area contributed by atoms with Crippen molar-refractivity contribution < 1.29 is 18.0 Å². The molecule has 2 aromatic carbocycles. The Hall–Kier alpha value is -2.42. The zero-order valence-electron chi connectivity index (χ0n) is 16.9. The molecule has 1 heterocycles. The second-order valence-corrected chi connectivity index (χ2v) is 10.2. The van der Waals surface area contributed by atoms with Crippen LogP contribution in [0.1, 0.15) is 41.6 Å². The Morgan fingerprint density at radius 2 is 1.71 bits per heavy atom. The number of halogens is 1. The van der Waals surface area contributed by atoms with Gasteiger partial charge in [-0.05, 0) is 61.6 Å². The molecular formula is C22H24ClN3O4S. The first-order chi connectivity index (χ1) is 14.8. The first kappa shape index (κ1) is 21.8. The van der Waals surface area contributed by atoms with Crippen molar-refractivity contribution in [3.05, 3.63) is 58.6 Å². The standard InChI is InChI=1S/C22H24ClN3O4S/c23-20-10-9-18(31(29,30)26-11-1-2-12-26)13-19(20)22(28)24-14-15-3-7-17(8-4-15)25-21(27)16-5-6-16/h3-4,7-10,13,16H,1-2,5-6,11-12,14H2,(H,24,28)(H,25,27). The number of hydrogen-bond donors (Lipinski definition) is 2. The Balaban J connectivity index is 1.40. The lowest BCUT2D eigenvalue weighted by atomic mass is 10.1. The predicted molar refractivity (Wildman–Crippen MR) is 118 cm³/mol. The summed E-state index contributed by atoms with van der Waals surface area (Å²) < 4.78 is 27.0. The minimum Gasteiger partial charge on any atom is -0.348 e. The molecule has 2 fully saturated rings. The predicted octanol–water partition coefficient (Wildman–Crippen LogP) is 3.40. The molecule has 0 unspecified atom stereocenters. The number of nitrogens with zero attached hydrogens (tertiary/aromatic N) is 1. The minimum atomic E-state index is -3.63. The fourth-order valence-corrected chi connectivity index (χ4v) is 5.24. The first-order valence-electron chi connectivity index (χ1n) is 10.3. The zero-order chi connectivity index (χ0) is 22.0. The Morgan fingerprint density at radius 3 is 2.35 bits per heavy atom. The molecular weight excluding hydrogens is 438 g/mol. The second-order valence-electron chi connectivity index (χ2n) is 7.90. The molecule has 0 bridgehead atoms. The molecule has 164 valence electrons. The number of hydrogen-bond acceptors (Lipinski definition) is 4. The number of rotatable bonds is 7. The number of anilines is 1. The van der Waals surface area contributed by atoms with Crippen molar-refractivity contribution in [2.75, 3.05) is 18.4 Å². The van der Waals surface area contributed by atoms with Gasteiger partial charge in [0.15, 0.2) is 0 Å². The van der Waals surface area contributed by atoms with Crippen LogP contribution in [0.5, 0.6) is 0 Å². The Kier molecular flexibility index (Phi) is 6.31. The number of carbonyl (C=O) groups is 2. The molecule has 2 amide bonds. The molecule has 1 saturated heterocycles. The lowest BCUT2D eigenvalue weighted by Crippen LogP contribution is -2.28. The number of sulfonamides is 1. The summed E-state index contributed by atoms with van der Waals surface area (Å²) in [5.74, 6) is -0.275. The average molecular weight is 462 g/mol. The van der Waals surface area contributed by atoms with Crippen LogP contribution in [0.25, 0.3) is 0 Å². The van der Waals surface area contributed by atoms with Crippen molar-refractivity contribution in [3.8, 4) is 0 Å². The van der Waals surface area contributed by atoms with E-state index < -0.39 is 15.9 Å². The van der Waals surface area contributed by atoms with Gasteiger partial charge in [-0.1, -0.05) is 23.7 Å². The minimum absolute atomic E-state index is 0.0412. The molecule has 1 aliphatic carbocycles. The van der Waals surface area contributed by atoms with E-state index in [4.69, 9.17) is 11.6 Å². The Bertz CT molecular complexity index is 1090. The summed E-state index contributed by atoms with van der Waals surface area (Å²) in [7, 11) is -3.63. The number of nitrogens with one attached hydrogen (secondary N) is 2.